The van der Waals surface area contributed by atoms with Gasteiger partial charge in [0.2, 0.25) is 0 Å². The molecule has 0 bridgehead atoms. The minimum absolute atomic E-state index is 0. The number of anilines is 2. The summed E-state index contributed by atoms with van der Waals surface area (Å²) in [7, 11) is 0. The van der Waals surface area contributed by atoms with Crippen molar-refractivity contribution >= 4 is 33.2 Å². The van der Waals surface area contributed by atoms with Gasteiger partial charge in [-0.3, -0.25) is 0 Å². The van der Waals surface area contributed by atoms with Crippen LogP contribution < -0.4 is 14.5 Å². The molecule has 0 aliphatic carbocycles. The number of fused-ring (bicyclic) bond motifs is 3. The monoisotopic (exact) mass is 964 g/mol. The maximum atomic E-state index is 6.58. The third kappa shape index (κ3) is 7.34. The molecular weight excluding hydrogens is 916 g/mol. The molecule has 9 rings (SSSR count). The van der Waals surface area contributed by atoms with E-state index in [2.05, 4.69) is 199 Å². The molecule has 0 amide bonds. The Hall–Kier alpha value is -5.90. The molecule has 1 aliphatic heterocycles. The zero-order valence-corrected chi connectivity index (χ0v) is 38.0. The van der Waals surface area contributed by atoms with Crippen LogP contribution >= 0.6 is 0 Å². The van der Waals surface area contributed by atoms with Crippen molar-refractivity contribution in [1.29, 1.82) is 0 Å². The molecule has 0 fully saturated rings. The second-order valence-corrected chi connectivity index (χ2v) is 16.9. The Balaban J connectivity index is 0.00000499. The molecule has 0 saturated carbocycles. The smallest absolute Gasteiger partial charge is 0.135 e. The molecule has 2 aromatic heterocycles. The first-order chi connectivity index (χ1) is 28.4. The van der Waals surface area contributed by atoms with Gasteiger partial charge < -0.3 is 19.1 Å². The van der Waals surface area contributed by atoms with E-state index in [0.29, 0.717) is 11.5 Å². The number of aryl methyl sites for hydroxylation is 4. The van der Waals surface area contributed by atoms with E-state index >= 15 is 0 Å². The first-order valence-corrected chi connectivity index (χ1v) is 20.4. The topological polar surface area (TPSA) is 33.5 Å². The van der Waals surface area contributed by atoms with E-state index in [1.165, 1.54) is 50.1 Å². The molecule has 3 heterocycles. The second-order valence-electron chi connectivity index (χ2n) is 16.9. The number of rotatable bonds is 7. The van der Waals surface area contributed by atoms with Gasteiger partial charge in [0.05, 0.1) is 0 Å². The third-order valence-corrected chi connectivity index (χ3v) is 11.8. The summed E-state index contributed by atoms with van der Waals surface area (Å²) in [5.41, 5.74) is 17.5. The van der Waals surface area contributed by atoms with E-state index in [1.54, 1.807) is 0 Å². The summed E-state index contributed by atoms with van der Waals surface area (Å²) in [5, 5.41) is 2.24. The van der Waals surface area contributed by atoms with Gasteiger partial charge in [-0.1, -0.05) is 80.9 Å². The third-order valence-electron chi connectivity index (χ3n) is 11.8. The van der Waals surface area contributed by atoms with Crippen molar-refractivity contribution < 1.29 is 25.8 Å². The molecule has 0 unspecified atom stereocenters. The van der Waals surface area contributed by atoms with E-state index in [1.807, 2.05) is 24.4 Å². The molecule has 5 nitrogen and oxygen atoms in total. The normalized spacial score (nSPS) is 13.1. The van der Waals surface area contributed by atoms with Crippen molar-refractivity contribution in [2.45, 2.75) is 67.7 Å². The molecule has 6 aromatic carbocycles. The van der Waals surface area contributed by atoms with Gasteiger partial charge in [-0.25, -0.2) is 4.98 Å². The maximum absolute atomic E-state index is 6.58. The Labute approximate surface area is 369 Å². The van der Waals surface area contributed by atoms with Crippen LogP contribution in [0.3, 0.4) is 0 Å². The summed E-state index contributed by atoms with van der Waals surface area (Å²) in [5.74, 6) is 2.08. The fourth-order valence-corrected chi connectivity index (χ4v) is 8.65. The fourth-order valence-electron chi connectivity index (χ4n) is 8.65. The van der Waals surface area contributed by atoms with Gasteiger partial charge in [-0.2, -0.15) is 12.1 Å². The molecule has 0 atom stereocenters. The van der Waals surface area contributed by atoms with Gasteiger partial charge in [0.15, 0.2) is 0 Å². The Morgan fingerprint density at radius 3 is 1.83 bits per heavy atom. The van der Waals surface area contributed by atoms with Crippen LogP contribution in [0.5, 0.6) is 11.5 Å². The fraction of sp³-hybridized carbons (Fsp3) is 0.185. The second kappa shape index (κ2) is 15.9. The number of hydrogen-bond acceptors (Lipinski definition) is 4. The average Bonchev–Trinajstić information content (AvgIpc) is 3.70. The van der Waals surface area contributed by atoms with Crippen molar-refractivity contribution in [3.05, 3.63) is 186 Å². The standard InChI is InChI=1S/C54H49N4O.Pt/c1-34-15-12-16-35(2)52(34)40-27-41(53-36(3)17-13-18-37(53)4)29-44(28-40)57-33-56(38(5)39(57)6)43-19-14-20-45(31-43)59-46-23-24-48-47-21-10-11-22-49(47)58(50(48)32-46)51-30-42(25-26-55-51)54(7,8)9;/h10-30,33H,1-9H3;/q-3;. The summed E-state index contributed by atoms with van der Waals surface area (Å²) in [6.45, 7) is 22.0. The van der Waals surface area contributed by atoms with Crippen molar-refractivity contribution in [2.24, 2.45) is 0 Å². The van der Waals surface area contributed by atoms with Crippen LogP contribution in [0.1, 0.15) is 62.4 Å². The molecule has 0 saturated heterocycles. The molecule has 0 radical (unpaired) electrons. The number of allylic oxidation sites excluding steroid dienone is 2. The predicted octanol–water partition coefficient (Wildman–Crippen LogP) is 14.1. The Bertz CT molecular complexity index is 2860. The van der Waals surface area contributed by atoms with Crippen LogP contribution in [0.4, 0.5) is 11.4 Å². The molecule has 0 N–H and O–H groups in total. The summed E-state index contributed by atoms with van der Waals surface area (Å²) >= 11 is 0. The van der Waals surface area contributed by atoms with E-state index in [0.717, 1.165) is 50.4 Å². The van der Waals surface area contributed by atoms with Crippen LogP contribution in [0, 0.1) is 46.5 Å². The molecule has 0 spiro atoms. The van der Waals surface area contributed by atoms with E-state index in [9.17, 15) is 0 Å². The first-order valence-electron chi connectivity index (χ1n) is 20.4. The van der Waals surface area contributed by atoms with Gasteiger partial charge in [-0.05, 0) is 139 Å². The van der Waals surface area contributed by atoms with Gasteiger partial charge >= 0.3 is 0 Å². The van der Waals surface area contributed by atoms with Crippen molar-refractivity contribution in [3.63, 3.8) is 0 Å². The van der Waals surface area contributed by atoms with E-state index in [4.69, 9.17) is 9.72 Å². The summed E-state index contributed by atoms with van der Waals surface area (Å²) in [6.07, 6.45) is 1.90. The van der Waals surface area contributed by atoms with Gasteiger partial charge in [0.1, 0.15) is 5.82 Å². The van der Waals surface area contributed by atoms with E-state index < -0.39 is 0 Å². The zero-order valence-electron chi connectivity index (χ0n) is 35.7. The molecule has 6 heteroatoms. The zero-order chi connectivity index (χ0) is 41.2. The molecule has 1 aliphatic rings. The van der Waals surface area contributed by atoms with Crippen LogP contribution in [-0.2, 0) is 26.5 Å². The van der Waals surface area contributed by atoms with Crippen molar-refractivity contribution in [2.75, 3.05) is 9.80 Å². The largest absolute Gasteiger partial charge is 0.509 e. The quantitative estimate of drug-likeness (QED) is 0.149. The number of nitrogens with zero attached hydrogens (tertiary/aromatic N) is 4. The van der Waals surface area contributed by atoms with Crippen LogP contribution in [0.15, 0.2) is 139 Å². The molecular formula is C54H49N4OPt-3. The first kappa shape index (κ1) is 40.9. The molecule has 304 valence electrons. The SMILES string of the molecule is CC1=C(C)N(c2cc(-c3c(C)cccc3C)cc(-c3c(C)cccc3C)c2)[CH-]N1c1[c-]c(Oc2[c-]c3c(cc2)c2ccccc2n3-c2cc(C(C)(C)C)ccn2)ccc1.[Pt]. The summed E-state index contributed by atoms with van der Waals surface area (Å²) < 4.78 is 8.78. The number of hydrogen-bond donors (Lipinski definition) is 0. The molecule has 8 aromatic rings. The Morgan fingerprint density at radius 1 is 0.583 bits per heavy atom. The summed E-state index contributed by atoms with van der Waals surface area (Å²) in [6, 6.07) is 50.2. The Morgan fingerprint density at radius 2 is 1.18 bits per heavy atom. The summed E-state index contributed by atoms with van der Waals surface area (Å²) in [4.78, 5) is 9.34. The van der Waals surface area contributed by atoms with Gasteiger partial charge in [0, 0.05) is 61.4 Å². The number of ether oxygens (including phenoxy) is 1. The van der Waals surface area contributed by atoms with Gasteiger partial charge in [-0.15, -0.1) is 48.1 Å². The number of benzene rings is 6. The van der Waals surface area contributed by atoms with Crippen LogP contribution in [-0.4, -0.2) is 9.55 Å². The minimum atomic E-state index is -0.0149. The number of para-hydroxylation sites is 1. The van der Waals surface area contributed by atoms with Crippen LogP contribution in [0.2, 0.25) is 0 Å². The van der Waals surface area contributed by atoms with Crippen molar-refractivity contribution in [3.8, 4) is 39.6 Å². The maximum Gasteiger partial charge on any atom is 0.135 e. The van der Waals surface area contributed by atoms with E-state index in [-0.39, 0.29) is 26.5 Å². The van der Waals surface area contributed by atoms with Crippen molar-refractivity contribution in [1.82, 2.24) is 9.55 Å². The minimum Gasteiger partial charge on any atom is -0.509 e. The number of aromatic nitrogens is 2. The molecule has 60 heavy (non-hydrogen) atoms. The Kier molecular flexibility index (Phi) is 10.9. The number of pyridine rings is 1. The average molecular weight is 965 g/mol. The van der Waals surface area contributed by atoms with Crippen LogP contribution in [0.25, 0.3) is 49.9 Å². The van der Waals surface area contributed by atoms with Gasteiger partial charge in [0.25, 0.3) is 0 Å². The predicted molar refractivity (Wildman–Crippen MR) is 245 cm³/mol.